The molecule has 0 N–H and O–H groups in total. The van der Waals surface area contributed by atoms with Crippen molar-refractivity contribution in [2.75, 3.05) is 19.4 Å². The molecule has 0 bridgehead atoms. The SMILES string of the molecule is CCOP(=O)(CC[n+]1ccc2ccccc2n1)OCC.[Br-]. The van der Waals surface area contributed by atoms with Crippen LogP contribution in [0.1, 0.15) is 13.8 Å². The van der Waals surface area contributed by atoms with Crippen molar-refractivity contribution in [3.8, 4) is 0 Å². The van der Waals surface area contributed by atoms with Crippen LogP contribution in [0.4, 0.5) is 0 Å². The number of benzene rings is 1. The first-order chi connectivity index (χ1) is 9.67. The van der Waals surface area contributed by atoms with Crippen molar-refractivity contribution in [1.29, 1.82) is 0 Å². The van der Waals surface area contributed by atoms with Crippen LogP contribution in [0.25, 0.3) is 10.9 Å². The van der Waals surface area contributed by atoms with E-state index >= 15 is 0 Å². The largest absolute Gasteiger partial charge is 1.00 e. The van der Waals surface area contributed by atoms with Gasteiger partial charge >= 0.3 is 7.60 Å². The summed E-state index contributed by atoms with van der Waals surface area (Å²) in [5.74, 6) is 0. The van der Waals surface area contributed by atoms with Crippen LogP contribution in [0.3, 0.4) is 0 Å². The van der Waals surface area contributed by atoms with Crippen LogP contribution in [0.2, 0.25) is 0 Å². The number of fused-ring (bicyclic) bond motifs is 1. The number of aromatic nitrogens is 2. The zero-order valence-electron chi connectivity index (χ0n) is 12.2. The summed E-state index contributed by atoms with van der Waals surface area (Å²) in [6.07, 6.45) is 2.20. The Hall–Kier alpha value is -0.810. The minimum atomic E-state index is -3.01. The van der Waals surface area contributed by atoms with E-state index in [0.717, 1.165) is 10.9 Å². The average molecular weight is 375 g/mol. The maximum absolute atomic E-state index is 12.4. The fourth-order valence-corrected chi connectivity index (χ4v) is 3.54. The molecule has 5 nitrogen and oxygen atoms in total. The molecule has 0 radical (unpaired) electrons. The Morgan fingerprint density at radius 3 is 2.48 bits per heavy atom. The first kappa shape index (κ1) is 18.2. The van der Waals surface area contributed by atoms with Crippen LogP contribution in [-0.4, -0.2) is 24.5 Å². The van der Waals surface area contributed by atoms with Crippen molar-refractivity contribution >= 4 is 18.5 Å². The van der Waals surface area contributed by atoms with Gasteiger partial charge in [0.05, 0.1) is 13.2 Å². The number of hydrogen-bond acceptors (Lipinski definition) is 4. The Balaban J connectivity index is 0.00000220. The molecule has 0 amide bonds. The molecule has 0 aliphatic rings. The van der Waals surface area contributed by atoms with Crippen LogP contribution >= 0.6 is 7.60 Å². The van der Waals surface area contributed by atoms with Gasteiger partial charge in [0.15, 0.2) is 12.7 Å². The summed E-state index contributed by atoms with van der Waals surface area (Å²) in [5.41, 5.74) is 0.914. The molecule has 0 fully saturated rings. The predicted octanol–water partition coefficient (Wildman–Crippen LogP) is -0.208. The first-order valence-electron chi connectivity index (χ1n) is 6.80. The van der Waals surface area contributed by atoms with Gasteiger partial charge in [0.1, 0.15) is 11.7 Å². The second kappa shape index (κ2) is 8.59. The fourth-order valence-electron chi connectivity index (χ4n) is 1.97. The second-order valence-electron chi connectivity index (χ2n) is 4.31. The van der Waals surface area contributed by atoms with Gasteiger partial charge in [0, 0.05) is 16.6 Å². The van der Waals surface area contributed by atoms with Crippen molar-refractivity contribution in [3.63, 3.8) is 0 Å². The minimum absolute atomic E-state index is 0. The maximum Gasteiger partial charge on any atom is 0.337 e. The highest BCUT2D eigenvalue weighted by atomic mass is 79.9. The third-order valence-electron chi connectivity index (χ3n) is 2.85. The summed E-state index contributed by atoms with van der Waals surface area (Å²) in [7, 11) is -3.01. The molecule has 0 unspecified atom stereocenters. The molecule has 7 heteroatoms. The molecule has 1 heterocycles. The van der Waals surface area contributed by atoms with E-state index in [2.05, 4.69) is 5.10 Å². The van der Waals surface area contributed by atoms with E-state index in [9.17, 15) is 4.57 Å². The third-order valence-corrected chi connectivity index (χ3v) is 4.90. The summed E-state index contributed by atoms with van der Waals surface area (Å²) < 4.78 is 24.7. The van der Waals surface area contributed by atoms with Gasteiger partial charge in [-0.2, -0.15) is 0 Å². The topological polar surface area (TPSA) is 52.3 Å². The van der Waals surface area contributed by atoms with Gasteiger partial charge in [-0.25, -0.2) is 0 Å². The smallest absolute Gasteiger partial charge is 0.337 e. The van der Waals surface area contributed by atoms with Crippen molar-refractivity contribution in [3.05, 3.63) is 36.5 Å². The quantitative estimate of drug-likeness (QED) is 0.497. The highest BCUT2D eigenvalue weighted by Gasteiger charge is 2.25. The van der Waals surface area contributed by atoms with Gasteiger partial charge in [-0.1, -0.05) is 22.9 Å². The predicted molar refractivity (Wildman–Crippen MR) is 77.7 cm³/mol. The highest BCUT2D eigenvalue weighted by Crippen LogP contribution is 2.47. The van der Waals surface area contributed by atoms with Crippen LogP contribution in [-0.2, 0) is 20.2 Å². The van der Waals surface area contributed by atoms with Crippen LogP contribution in [0.15, 0.2) is 36.5 Å². The minimum Gasteiger partial charge on any atom is -1.00 e. The summed E-state index contributed by atoms with van der Waals surface area (Å²) >= 11 is 0. The van der Waals surface area contributed by atoms with Crippen molar-refractivity contribution in [2.24, 2.45) is 0 Å². The van der Waals surface area contributed by atoms with Gasteiger partial charge < -0.3 is 26.0 Å². The lowest BCUT2D eigenvalue weighted by Gasteiger charge is -2.14. The highest BCUT2D eigenvalue weighted by molar-refractivity contribution is 7.53. The van der Waals surface area contributed by atoms with Crippen molar-refractivity contribution in [1.82, 2.24) is 5.10 Å². The molecule has 0 spiro atoms. The van der Waals surface area contributed by atoms with E-state index in [-0.39, 0.29) is 17.0 Å². The summed E-state index contributed by atoms with van der Waals surface area (Å²) in [6, 6.07) is 9.89. The molecular weight excluding hydrogens is 355 g/mol. The third kappa shape index (κ3) is 5.15. The fraction of sp³-hybridized carbons (Fsp3) is 0.429. The zero-order chi connectivity index (χ0) is 14.4. The molecule has 0 saturated carbocycles. The van der Waals surface area contributed by atoms with Crippen LogP contribution in [0, 0.1) is 0 Å². The molecule has 0 aliphatic carbocycles. The molecule has 2 rings (SSSR count). The van der Waals surface area contributed by atoms with Crippen molar-refractivity contribution in [2.45, 2.75) is 20.4 Å². The van der Waals surface area contributed by atoms with Gasteiger partial charge in [-0.15, -0.1) is 0 Å². The van der Waals surface area contributed by atoms with E-state index in [0.29, 0.717) is 25.9 Å². The Labute approximate surface area is 135 Å². The molecule has 1 aromatic carbocycles. The standard InChI is InChI=1S/C14H20N2O3P.BrH/c1-3-18-20(17,19-4-2)12-11-16-10-9-13-7-5-6-8-14(13)15-16;/h5-10H,3-4,11-12H2,1-2H3;1H/q+1;/p-1. The maximum atomic E-state index is 12.4. The molecule has 21 heavy (non-hydrogen) atoms. The van der Waals surface area contributed by atoms with Crippen molar-refractivity contribution < 1.29 is 35.3 Å². The van der Waals surface area contributed by atoms with E-state index < -0.39 is 7.60 Å². The Bertz CT molecular complexity index is 614. The van der Waals surface area contributed by atoms with E-state index in [1.807, 2.05) is 50.4 Å². The van der Waals surface area contributed by atoms with Gasteiger partial charge in [0.2, 0.25) is 0 Å². The lowest BCUT2D eigenvalue weighted by Crippen LogP contribution is -3.00. The number of aryl methyl sites for hydroxylation is 1. The van der Waals surface area contributed by atoms with Crippen LogP contribution < -0.4 is 21.7 Å². The zero-order valence-corrected chi connectivity index (χ0v) is 14.7. The number of halogens is 1. The lowest BCUT2D eigenvalue weighted by atomic mass is 10.2. The van der Waals surface area contributed by atoms with Gasteiger partial charge in [-0.3, -0.25) is 4.57 Å². The molecular formula is C14H20BrN2O3P. The normalized spacial score (nSPS) is 11.3. The first-order valence-corrected chi connectivity index (χ1v) is 8.53. The van der Waals surface area contributed by atoms with E-state index in [1.165, 1.54) is 0 Å². The lowest BCUT2D eigenvalue weighted by molar-refractivity contribution is -0.747. The monoisotopic (exact) mass is 374 g/mol. The molecule has 0 aliphatic heterocycles. The molecule has 0 saturated heterocycles. The number of hydrogen-bond donors (Lipinski definition) is 0. The van der Waals surface area contributed by atoms with E-state index in [4.69, 9.17) is 9.05 Å². The second-order valence-corrected chi connectivity index (χ2v) is 6.49. The Morgan fingerprint density at radius 2 is 1.81 bits per heavy atom. The van der Waals surface area contributed by atoms with Gasteiger partial charge in [0.25, 0.3) is 0 Å². The van der Waals surface area contributed by atoms with Gasteiger partial charge in [-0.05, 0) is 19.9 Å². The summed E-state index contributed by atoms with van der Waals surface area (Å²) in [6.45, 7) is 4.89. The molecule has 1 aromatic heterocycles. The summed E-state index contributed by atoms with van der Waals surface area (Å²) in [5, 5.41) is 5.57. The molecule has 116 valence electrons. The molecule has 0 atom stereocenters. The Kier molecular flexibility index (Phi) is 7.46. The number of nitrogens with zero attached hydrogens (tertiary/aromatic N) is 2. The van der Waals surface area contributed by atoms with Crippen LogP contribution in [0.5, 0.6) is 0 Å². The van der Waals surface area contributed by atoms with E-state index in [1.54, 1.807) is 4.68 Å². The molecule has 2 aromatic rings. The number of rotatable bonds is 7. The Morgan fingerprint density at radius 1 is 1.14 bits per heavy atom. The average Bonchev–Trinajstić information content (AvgIpc) is 2.46. The summed E-state index contributed by atoms with van der Waals surface area (Å²) in [4.78, 5) is 0.